The number of rotatable bonds is 9. The van der Waals surface area contributed by atoms with Crippen LogP contribution in [0.1, 0.15) is 25.8 Å². The summed E-state index contributed by atoms with van der Waals surface area (Å²) in [6.07, 6.45) is 1.02. The largest absolute Gasteiger partial charge is 0.355 e. The van der Waals surface area contributed by atoms with Crippen molar-refractivity contribution >= 4 is 15.9 Å². The normalized spacial score (nSPS) is 12.7. The number of nitrogens with one attached hydrogen (secondary N) is 2. The second-order valence-corrected chi connectivity index (χ2v) is 8.51. The lowest BCUT2D eigenvalue weighted by atomic mass is 10.1. The van der Waals surface area contributed by atoms with Gasteiger partial charge in [0.1, 0.15) is 11.9 Å². The Bertz CT molecular complexity index is 837. The van der Waals surface area contributed by atoms with Crippen LogP contribution in [0.3, 0.4) is 0 Å². The van der Waals surface area contributed by atoms with Gasteiger partial charge in [-0.25, -0.2) is 12.8 Å². The summed E-state index contributed by atoms with van der Waals surface area (Å²) >= 11 is 0. The van der Waals surface area contributed by atoms with Gasteiger partial charge in [-0.15, -0.1) is 0 Å². The van der Waals surface area contributed by atoms with Gasteiger partial charge in [-0.05, 0) is 48.6 Å². The Morgan fingerprint density at radius 3 is 2.26 bits per heavy atom. The molecule has 0 bridgehead atoms. The van der Waals surface area contributed by atoms with Gasteiger partial charge < -0.3 is 5.32 Å². The topological polar surface area (TPSA) is 75.3 Å². The lowest BCUT2D eigenvalue weighted by Gasteiger charge is -2.19. The maximum atomic E-state index is 13.1. The third-order valence-corrected chi connectivity index (χ3v) is 5.53. The van der Waals surface area contributed by atoms with E-state index in [4.69, 9.17) is 0 Å². The summed E-state index contributed by atoms with van der Waals surface area (Å²) in [4.78, 5) is 12.5. The SMILES string of the molecule is CC(C)CCNC(=O)[C@H](Cc1ccccc1)NS(=O)(=O)c1ccc(F)cc1. The molecule has 0 heterocycles. The van der Waals surface area contributed by atoms with Crippen LogP contribution in [0.5, 0.6) is 0 Å². The smallest absolute Gasteiger partial charge is 0.241 e. The van der Waals surface area contributed by atoms with Crippen molar-refractivity contribution in [1.82, 2.24) is 10.0 Å². The van der Waals surface area contributed by atoms with Crippen molar-refractivity contribution < 1.29 is 17.6 Å². The fourth-order valence-corrected chi connectivity index (χ4v) is 3.71. The zero-order valence-electron chi connectivity index (χ0n) is 15.5. The molecule has 0 saturated carbocycles. The van der Waals surface area contributed by atoms with Crippen LogP contribution in [0.2, 0.25) is 0 Å². The van der Waals surface area contributed by atoms with Crippen molar-refractivity contribution in [2.45, 2.75) is 37.6 Å². The minimum absolute atomic E-state index is 0.0862. The standard InChI is InChI=1S/C20H25FN2O3S/c1-15(2)12-13-22-20(24)19(14-16-6-4-3-5-7-16)23-27(25,26)18-10-8-17(21)9-11-18/h3-11,15,19,23H,12-14H2,1-2H3,(H,22,24)/t19-/m0/s1. The van der Waals surface area contributed by atoms with Crippen molar-refractivity contribution in [3.8, 4) is 0 Å². The summed E-state index contributed by atoms with van der Waals surface area (Å²) in [5, 5.41) is 2.79. The molecule has 5 nitrogen and oxygen atoms in total. The second-order valence-electron chi connectivity index (χ2n) is 6.79. The van der Waals surface area contributed by atoms with Gasteiger partial charge in [-0.2, -0.15) is 4.72 Å². The lowest BCUT2D eigenvalue weighted by Crippen LogP contribution is -2.48. The van der Waals surface area contributed by atoms with Crippen LogP contribution in [-0.4, -0.2) is 26.9 Å². The number of carbonyl (C=O) groups is 1. The van der Waals surface area contributed by atoms with Gasteiger partial charge in [-0.1, -0.05) is 44.2 Å². The molecule has 0 aromatic heterocycles. The summed E-state index contributed by atoms with van der Waals surface area (Å²) in [6, 6.07) is 12.7. The van der Waals surface area contributed by atoms with E-state index in [1.54, 1.807) is 0 Å². The minimum atomic E-state index is -3.96. The summed E-state index contributed by atoms with van der Waals surface area (Å²) in [6.45, 7) is 4.57. The van der Waals surface area contributed by atoms with Gasteiger partial charge in [0.25, 0.3) is 0 Å². The Morgan fingerprint density at radius 1 is 1.04 bits per heavy atom. The minimum Gasteiger partial charge on any atom is -0.355 e. The van der Waals surface area contributed by atoms with E-state index in [9.17, 15) is 17.6 Å². The molecule has 2 aromatic carbocycles. The molecule has 0 fully saturated rings. The summed E-state index contributed by atoms with van der Waals surface area (Å²) in [5.41, 5.74) is 0.836. The quantitative estimate of drug-likeness (QED) is 0.689. The molecule has 2 aromatic rings. The van der Waals surface area contributed by atoms with E-state index in [0.717, 1.165) is 24.1 Å². The number of benzene rings is 2. The van der Waals surface area contributed by atoms with Crippen molar-refractivity contribution in [2.24, 2.45) is 5.92 Å². The molecule has 0 aliphatic heterocycles. The Morgan fingerprint density at radius 2 is 1.67 bits per heavy atom. The predicted molar refractivity (Wildman–Crippen MR) is 103 cm³/mol. The molecule has 0 unspecified atom stereocenters. The first kappa shape index (κ1) is 21.1. The fourth-order valence-electron chi connectivity index (χ4n) is 2.51. The van der Waals surface area contributed by atoms with Crippen LogP contribution in [0, 0.1) is 11.7 Å². The first-order valence-electron chi connectivity index (χ1n) is 8.87. The molecule has 1 amide bonds. The summed E-state index contributed by atoms with van der Waals surface area (Å²) in [5.74, 6) is -0.486. The van der Waals surface area contributed by atoms with Crippen molar-refractivity contribution in [3.63, 3.8) is 0 Å². The lowest BCUT2D eigenvalue weighted by molar-refractivity contribution is -0.122. The molecular weight excluding hydrogens is 367 g/mol. The van der Waals surface area contributed by atoms with Gasteiger partial charge in [0.2, 0.25) is 15.9 Å². The average Bonchev–Trinajstić information content (AvgIpc) is 2.62. The zero-order chi connectivity index (χ0) is 19.9. The molecule has 146 valence electrons. The van der Waals surface area contributed by atoms with Gasteiger partial charge in [0.05, 0.1) is 4.90 Å². The van der Waals surface area contributed by atoms with Gasteiger partial charge in [-0.3, -0.25) is 4.79 Å². The Hall–Kier alpha value is -2.25. The molecule has 0 saturated heterocycles. The molecule has 2 rings (SSSR count). The van der Waals surface area contributed by atoms with Gasteiger partial charge >= 0.3 is 0 Å². The van der Waals surface area contributed by atoms with E-state index in [1.807, 2.05) is 44.2 Å². The maximum absolute atomic E-state index is 13.1. The third-order valence-electron chi connectivity index (χ3n) is 4.04. The summed E-state index contributed by atoms with van der Waals surface area (Å²) < 4.78 is 40.8. The van der Waals surface area contributed by atoms with E-state index in [2.05, 4.69) is 10.0 Å². The molecule has 0 radical (unpaired) electrons. The Balaban J connectivity index is 2.17. The Labute approximate surface area is 160 Å². The number of hydrogen-bond acceptors (Lipinski definition) is 3. The highest BCUT2D eigenvalue weighted by Crippen LogP contribution is 2.12. The highest BCUT2D eigenvalue weighted by molar-refractivity contribution is 7.89. The van der Waals surface area contributed by atoms with E-state index in [1.165, 1.54) is 12.1 Å². The van der Waals surface area contributed by atoms with Gasteiger partial charge in [0, 0.05) is 6.54 Å². The number of hydrogen-bond donors (Lipinski definition) is 2. The monoisotopic (exact) mass is 392 g/mol. The van der Waals surface area contributed by atoms with Crippen molar-refractivity contribution in [2.75, 3.05) is 6.54 Å². The highest BCUT2D eigenvalue weighted by Gasteiger charge is 2.26. The molecule has 0 spiro atoms. The third kappa shape index (κ3) is 6.77. The molecule has 7 heteroatoms. The van der Waals surface area contributed by atoms with Crippen LogP contribution in [-0.2, 0) is 21.2 Å². The number of carbonyl (C=O) groups excluding carboxylic acids is 1. The zero-order valence-corrected chi connectivity index (χ0v) is 16.3. The molecule has 0 aliphatic rings. The van der Waals surface area contributed by atoms with Crippen LogP contribution >= 0.6 is 0 Å². The van der Waals surface area contributed by atoms with E-state index in [-0.39, 0.29) is 17.2 Å². The maximum Gasteiger partial charge on any atom is 0.241 e. The first-order chi connectivity index (χ1) is 12.8. The number of halogens is 1. The average molecular weight is 392 g/mol. The number of sulfonamides is 1. The molecule has 27 heavy (non-hydrogen) atoms. The number of amides is 1. The van der Waals surface area contributed by atoms with Crippen molar-refractivity contribution in [3.05, 3.63) is 66.0 Å². The second kappa shape index (κ2) is 9.62. The van der Waals surface area contributed by atoms with Crippen LogP contribution < -0.4 is 10.0 Å². The van der Waals surface area contributed by atoms with Crippen LogP contribution in [0.25, 0.3) is 0 Å². The molecule has 0 aliphatic carbocycles. The van der Waals surface area contributed by atoms with Gasteiger partial charge in [0.15, 0.2) is 0 Å². The fraction of sp³-hybridized carbons (Fsp3) is 0.350. The summed E-state index contributed by atoms with van der Waals surface area (Å²) in [7, 11) is -3.96. The van der Waals surface area contributed by atoms with Crippen molar-refractivity contribution in [1.29, 1.82) is 0 Å². The van der Waals surface area contributed by atoms with E-state index >= 15 is 0 Å². The molecule has 1 atom stereocenters. The Kier molecular flexibility index (Phi) is 7.50. The first-order valence-corrected chi connectivity index (χ1v) is 10.4. The van der Waals surface area contributed by atoms with Crippen LogP contribution in [0.15, 0.2) is 59.5 Å². The molecule has 2 N–H and O–H groups in total. The highest BCUT2D eigenvalue weighted by atomic mass is 32.2. The van der Waals surface area contributed by atoms with E-state index in [0.29, 0.717) is 12.5 Å². The predicted octanol–water partition coefficient (Wildman–Crippen LogP) is 2.88. The molecular formula is C20H25FN2O3S. The van der Waals surface area contributed by atoms with Crippen LogP contribution in [0.4, 0.5) is 4.39 Å². The van der Waals surface area contributed by atoms with E-state index < -0.39 is 21.9 Å².